The van der Waals surface area contributed by atoms with Crippen LogP contribution in [-0.4, -0.2) is 11.5 Å². The fraction of sp³-hybridized carbons (Fsp3) is 0.278. The highest BCUT2D eigenvalue weighted by molar-refractivity contribution is 7.12. The van der Waals surface area contributed by atoms with Gasteiger partial charge in [-0.05, 0) is 50.6 Å². The van der Waals surface area contributed by atoms with Crippen LogP contribution in [0.15, 0.2) is 48.7 Å². The summed E-state index contributed by atoms with van der Waals surface area (Å²) in [4.78, 5) is 7.29. The van der Waals surface area contributed by atoms with Gasteiger partial charge in [-0.3, -0.25) is 4.98 Å². The number of rotatable bonds is 5. The molecule has 3 heteroatoms. The molecule has 2 nitrogen and oxygen atoms in total. The van der Waals surface area contributed by atoms with E-state index in [9.17, 15) is 0 Å². The summed E-state index contributed by atoms with van der Waals surface area (Å²) >= 11 is 1.87. The highest BCUT2D eigenvalue weighted by atomic mass is 32.1. The van der Waals surface area contributed by atoms with Crippen LogP contribution in [-0.2, 0) is 6.42 Å². The van der Waals surface area contributed by atoms with Crippen molar-refractivity contribution in [3.63, 3.8) is 0 Å². The molecule has 1 atom stereocenters. The van der Waals surface area contributed by atoms with Gasteiger partial charge in [-0.1, -0.05) is 24.3 Å². The number of fused-ring (bicyclic) bond motifs is 1. The van der Waals surface area contributed by atoms with Gasteiger partial charge in [-0.2, -0.15) is 0 Å². The molecule has 1 unspecified atom stereocenters. The summed E-state index contributed by atoms with van der Waals surface area (Å²) in [5, 5.41) is 4.83. The van der Waals surface area contributed by atoms with E-state index in [1.165, 1.54) is 20.7 Å². The van der Waals surface area contributed by atoms with E-state index >= 15 is 0 Å². The molecule has 1 aromatic carbocycles. The average Bonchev–Trinajstić information content (AvgIpc) is 2.94. The maximum atomic E-state index is 4.51. The first-order valence-corrected chi connectivity index (χ1v) is 8.18. The van der Waals surface area contributed by atoms with Crippen LogP contribution >= 0.6 is 11.3 Å². The molecule has 2 aromatic heterocycles. The number of pyridine rings is 1. The van der Waals surface area contributed by atoms with Gasteiger partial charge in [0.05, 0.1) is 5.52 Å². The zero-order valence-electron chi connectivity index (χ0n) is 12.5. The minimum Gasteiger partial charge on any atom is -0.309 e. The number of aromatic nitrogens is 1. The van der Waals surface area contributed by atoms with Crippen LogP contribution in [0.1, 0.15) is 28.3 Å². The molecule has 0 radical (unpaired) electrons. The van der Waals surface area contributed by atoms with Gasteiger partial charge in [0, 0.05) is 27.4 Å². The molecule has 0 fully saturated rings. The summed E-state index contributed by atoms with van der Waals surface area (Å²) in [6.07, 6.45) is 2.87. The molecule has 0 aliphatic rings. The predicted molar refractivity (Wildman–Crippen MR) is 90.9 cm³/mol. The SMILES string of the molecule is Cc1ccc(C(C)NCCc2cccc3cccnc23)s1. The van der Waals surface area contributed by atoms with Crippen molar-refractivity contribution in [3.8, 4) is 0 Å². The van der Waals surface area contributed by atoms with Crippen LogP contribution in [0.3, 0.4) is 0 Å². The van der Waals surface area contributed by atoms with Crippen molar-refractivity contribution in [2.75, 3.05) is 6.54 Å². The van der Waals surface area contributed by atoms with Gasteiger partial charge in [0.1, 0.15) is 0 Å². The zero-order chi connectivity index (χ0) is 14.7. The third-order valence-electron chi connectivity index (χ3n) is 3.75. The van der Waals surface area contributed by atoms with Crippen molar-refractivity contribution < 1.29 is 0 Å². The van der Waals surface area contributed by atoms with Crippen molar-refractivity contribution in [1.29, 1.82) is 0 Å². The van der Waals surface area contributed by atoms with Crippen LogP contribution in [0.4, 0.5) is 0 Å². The minimum absolute atomic E-state index is 0.409. The Morgan fingerprint density at radius 2 is 2.00 bits per heavy atom. The molecule has 0 saturated carbocycles. The Labute approximate surface area is 129 Å². The summed E-state index contributed by atoms with van der Waals surface area (Å²) < 4.78 is 0. The zero-order valence-corrected chi connectivity index (χ0v) is 13.3. The largest absolute Gasteiger partial charge is 0.309 e. The molecule has 0 spiro atoms. The Kier molecular flexibility index (Phi) is 4.32. The predicted octanol–water partition coefficient (Wildman–Crippen LogP) is 4.50. The highest BCUT2D eigenvalue weighted by Gasteiger charge is 2.07. The van der Waals surface area contributed by atoms with Gasteiger partial charge in [-0.15, -0.1) is 11.3 Å². The maximum absolute atomic E-state index is 4.51. The van der Waals surface area contributed by atoms with Gasteiger partial charge in [-0.25, -0.2) is 0 Å². The first-order valence-electron chi connectivity index (χ1n) is 7.36. The van der Waals surface area contributed by atoms with E-state index in [1.807, 2.05) is 23.6 Å². The molecule has 2 heterocycles. The Hall–Kier alpha value is -1.71. The number of nitrogens with zero attached hydrogens (tertiary/aromatic N) is 1. The third-order valence-corrected chi connectivity index (χ3v) is 4.93. The van der Waals surface area contributed by atoms with E-state index in [0.29, 0.717) is 6.04 Å². The molecule has 3 rings (SSSR count). The van der Waals surface area contributed by atoms with E-state index in [4.69, 9.17) is 0 Å². The standard InChI is InChI=1S/C18H20N2S/c1-13-8-9-17(21-13)14(2)19-12-10-16-6-3-5-15-7-4-11-20-18(15)16/h3-9,11,14,19H,10,12H2,1-2H3. The molecule has 21 heavy (non-hydrogen) atoms. The molecule has 0 amide bonds. The topological polar surface area (TPSA) is 24.9 Å². The molecule has 0 aliphatic heterocycles. The van der Waals surface area contributed by atoms with Gasteiger partial charge in [0.25, 0.3) is 0 Å². The van der Waals surface area contributed by atoms with Crippen LogP contribution in [0, 0.1) is 6.92 Å². The summed E-state index contributed by atoms with van der Waals surface area (Å²) in [5.41, 5.74) is 2.44. The molecular formula is C18H20N2S. The van der Waals surface area contributed by atoms with E-state index in [2.05, 4.69) is 60.5 Å². The van der Waals surface area contributed by atoms with E-state index in [1.54, 1.807) is 0 Å². The van der Waals surface area contributed by atoms with Gasteiger partial charge in [0.2, 0.25) is 0 Å². The summed E-state index contributed by atoms with van der Waals surface area (Å²) in [7, 11) is 0. The van der Waals surface area contributed by atoms with Crippen molar-refractivity contribution in [3.05, 3.63) is 64.0 Å². The van der Waals surface area contributed by atoms with Crippen LogP contribution in [0.5, 0.6) is 0 Å². The van der Waals surface area contributed by atoms with Crippen LogP contribution < -0.4 is 5.32 Å². The highest BCUT2D eigenvalue weighted by Crippen LogP contribution is 2.22. The summed E-state index contributed by atoms with van der Waals surface area (Å²) in [5.74, 6) is 0. The monoisotopic (exact) mass is 296 g/mol. The fourth-order valence-electron chi connectivity index (χ4n) is 2.58. The van der Waals surface area contributed by atoms with Gasteiger partial charge in [0.15, 0.2) is 0 Å². The lowest BCUT2D eigenvalue weighted by Crippen LogP contribution is -2.20. The fourth-order valence-corrected chi connectivity index (χ4v) is 3.48. The second-order valence-corrected chi connectivity index (χ2v) is 6.69. The molecular weight excluding hydrogens is 276 g/mol. The number of hydrogen-bond donors (Lipinski definition) is 1. The number of nitrogens with one attached hydrogen (secondary N) is 1. The summed E-state index contributed by atoms with van der Waals surface area (Å²) in [6.45, 7) is 5.35. The quantitative estimate of drug-likeness (QED) is 0.750. The van der Waals surface area contributed by atoms with E-state index in [0.717, 1.165) is 18.5 Å². The summed E-state index contributed by atoms with van der Waals surface area (Å²) in [6, 6.07) is 15.3. The molecule has 1 N–H and O–H groups in total. The molecule has 0 saturated heterocycles. The lowest BCUT2D eigenvalue weighted by atomic mass is 10.1. The van der Waals surface area contributed by atoms with Crippen molar-refractivity contribution in [2.24, 2.45) is 0 Å². The number of para-hydroxylation sites is 1. The molecule has 108 valence electrons. The smallest absolute Gasteiger partial charge is 0.0734 e. The molecule has 0 bridgehead atoms. The third kappa shape index (κ3) is 3.31. The number of thiophene rings is 1. The van der Waals surface area contributed by atoms with Crippen molar-refractivity contribution in [2.45, 2.75) is 26.3 Å². The normalized spacial score (nSPS) is 12.7. The van der Waals surface area contributed by atoms with Crippen molar-refractivity contribution in [1.82, 2.24) is 10.3 Å². The first-order chi connectivity index (χ1) is 10.2. The second-order valence-electron chi connectivity index (χ2n) is 5.37. The van der Waals surface area contributed by atoms with E-state index in [-0.39, 0.29) is 0 Å². The number of aryl methyl sites for hydroxylation is 1. The van der Waals surface area contributed by atoms with Crippen LogP contribution in [0.2, 0.25) is 0 Å². The minimum atomic E-state index is 0.409. The molecule has 0 aliphatic carbocycles. The Morgan fingerprint density at radius 1 is 1.14 bits per heavy atom. The number of benzene rings is 1. The molecule has 3 aromatic rings. The van der Waals surface area contributed by atoms with Gasteiger partial charge >= 0.3 is 0 Å². The van der Waals surface area contributed by atoms with Crippen molar-refractivity contribution >= 4 is 22.2 Å². The number of hydrogen-bond acceptors (Lipinski definition) is 3. The van der Waals surface area contributed by atoms with Gasteiger partial charge < -0.3 is 5.32 Å². The lowest BCUT2D eigenvalue weighted by Gasteiger charge is -2.12. The first kappa shape index (κ1) is 14.2. The maximum Gasteiger partial charge on any atom is 0.0734 e. The Bertz CT molecular complexity index is 727. The van der Waals surface area contributed by atoms with Crippen LogP contribution in [0.25, 0.3) is 10.9 Å². The second kappa shape index (κ2) is 6.37. The Balaban J connectivity index is 1.64. The average molecular weight is 296 g/mol. The Morgan fingerprint density at radius 3 is 2.81 bits per heavy atom. The van der Waals surface area contributed by atoms with E-state index < -0.39 is 0 Å². The lowest BCUT2D eigenvalue weighted by molar-refractivity contribution is 0.585.